The number of para-hydroxylation sites is 2. The number of fused-ring (bicyclic) bond motifs is 2. The molecule has 4 rings (SSSR count). The highest BCUT2D eigenvalue weighted by atomic mass is 16.3. The zero-order chi connectivity index (χ0) is 19.0. The third-order valence-corrected chi connectivity index (χ3v) is 5.16. The summed E-state index contributed by atoms with van der Waals surface area (Å²) in [7, 11) is 0. The molecule has 0 spiro atoms. The largest absolute Gasteiger partial charge is 0.451 e. The summed E-state index contributed by atoms with van der Waals surface area (Å²) in [5, 5.41) is 3.69. The molecule has 1 atom stereocenters. The molecule has 138 valence electrons. The van der Waals surface area contributed by atoms with E-state index in [9.17, 15) is 9.59 Å². The second-order valence-corrected chi connectivity index (χ2v) is 6.95. The number of anilines is 2. The minimum atomic E-state index is -0.361. The minimum absolute atomic E-state index is 0.152. The molecule has 0 radical (unpaired) electrons. The van der Waals surface area contributed by atoms with Gasteiger partial charge in [-0.1, -0.05) is 30.3 Å². The maximum Gasteiger partial charge on any atom is 0.246 e. The van der Waals surface area contributed by atoms with Crippen molar-refractivity contribution in [3.8, 4) is 0 Å². The van der Waals surface area contributed by atoms with Gasteiger partial charge in [0.15, 0.2) is 11.5 Å². The average molecular weight is 362 g/mol. The number of nitrogens with zero attached hydrogens (tertiary/aromatic N) is 1. The van der Waals surface area contributed by atoms with Crippen LogP contribution in [0.15, 0.2) is 52.9 Å². The molecule has 2 heterocycles. The van der Waals surface area contributed by atoms with E-state index in [1.165, 1.54) is 12.5 Å². The fraction of sp³-hybridized carbons (Fsp3) is 0.273. The van der Waals surface area contributed by atoms with Gasteiger partial charge in [-0.3, -0.25) is 9.59 Å². The molecular weight excluding hydrogens is 340 g/mol. The number of aryl methyl sites for hydroxylation is 1. The molecule has 27 heavy (non-hydrogen) atoms. The number of amides is 1. The Morgan fingerprint density at radius 1 is 1.11 bits per heavy atom. The van der Waals surface area contributed by atoms with Crippen LogP contribution in [0.2, 0.25) is 0 Å². The van der Waals surface area contributed by atoms with Crippen LogP contribution in [0.4, 0.5) is 11.4 Å². The Morgan fingerprint density at radius 3 is 2.67 bits per heavy atom. The summed E-state index contributed by atoms with van der Waals surface area (Å²) in [6.45, 7) is 4.17. The van der Waals surface area contributed by atoms with Gasteiger partial charge in [0.1, 0.15) is 11.6 Å². The Kier molecular flexibility index (Phi) is 4.44. The highest BCUT2D eigenvalue weighted by Gasteiger charge is 2.28. The molecule has 1 aliphatic rings. The molecule has 3 aromatic rings. The lowest BCUT2D eigenvalue weighted by atomic mass is 10.00. The van der Waals surface area contributed by atoms with E-state index in [2.05, 4.69) is 22.3 Å². The standard InChI is InChI=1S/C22H22N2O3/c1-14(24-13-7-9-16-8-3-5-11-18(16)24)22(26)23-20-17-10-4-6-12-19(17)27-21(20)15(2)25/h3-6,8,10-12,14H,7,9,13H2,1-2H3,(H,23,26). The lowest BCUT2D eigenvalue weighted by Gasteiger charge is -2.35. The normalized spacial score (nSPS) is 14.7. The molecule has 0 saturated heterocycles. The molecule has 0 fully saturated rings. The van der Waals surface area contributed by atoms with Gasteiger partial charge in [-0.2, -0.15) is 0 Å². The Morgan fingerprint density at radius 2 is 1.85 bits per heavy atom. The number of rotatable bonds is 4. The zero-order valence-corrected chi connectivity index (χ0v) is 15.5. The SMILES string of the molecule is CC(=O)c1oc2ccccc2c1NC(=O)C(C)N1CCCc2ccccc21. The van der Waals surface area contributed by atoms with Gasteiger partial charge in [-0.25, -0.2) is 0 Å². The first-order valence-corrected chi connectivity index (χ1v) is 9.24. The van der Waals surface area contributed by atoms with E-state index in [1.54, 1.807) is 6.07 Å². The molecule has 5 nitrogen and oxygen atoms in total. The predicted molar refractivity (Wildman–Crippen MR) is 106 cm³/mol. The number of nitrogens with one attached hydrogen (secondary N) is 1. The topological polar surface area (TPSA) is 62.6 Å². The third kappa shape index (κ3) is 3.10. The molecular formula is C22H22N2O3. The van der Waals surface area contributed by atoms with Gasteiger partial charge in [0.25, 0.3) is 0 Å². The summed E-state index contributed by atoms with van der Waals surface area (Å²) in [4.78, 5) is 27.2. The predicted octanol–water partition coefficient (Wildman–Crippen LogP) is 4.42. The first-order chi connectivity index (χ1) is 13.1. The third-order valence-electron chi connectivity index (χ3n) is 5.16. The molecule has 2 aromatic carbocycles. The van der Waals surface area contributed by atoms with Gasteiger partial charge in [0, 0.05) is 24.5 Å². The van der Waals surface area contributed by atoms with E-state index in [0.29, 0.717) is 11.3 Å². The Hall–Kier alpha value is -3.08. The molecule has 5 heteroatoms. The second kappa shape index (κ2) is 6.91. The summed E-state index contributed by atoms with van der Waals surface area (Å²) in [5.74, 6) is -0.172. The van der Waals surface area contributed by atoms with Crippen LogP contribution in [0, 0.1) is 0 Å². The molecule has 0 aliphatic carbocycles. The van der Waals surface area contributed by atoms with Crippen LogP contribution in [0.5, 0.6) is 0 Å². The number of carbonyl (C=O) groups excluding carboxylic acids is 2. The van der Waals surface area contributed by atoms with Crippen molar-refractivity contribution in [1.82, 2.24) is 0 Å². The smallest absolute Gasteiger partial charge is 0.246 e. The van der Waals surface area contributed by atoms with E-state index in [-0.39, 0.29) is 23.5 Å². The molecule has 1 N–H and O–H groups in total. The summed E-state index contributed by atoms with van der Waals surface area (Å²) in [6, 6.07) is 15.2. The van der Waals surface area contributed by atoms with Gasteiger partial charge in [0.2, 0.25) is 5.91 Å². The molecule has 1 amide bonds. The number of hydrogen-bond acceptors (Lipinski definition) is 4. The molecule has 0 bridgehead atoms. The van der Waals surface area contributed by atoms with Crippen LogP contribution >= 0.6 is 0 Å². The van der Waals surface area contributed by atoms with Crippen LogP contribution < -0.4 is 10.2 Å². The Labute approximate surface area is 158 Å². The summed E-state index contributed by atoms with van der Waals surface area (Å²) >= 11 is 0. The van der Waals surface area contributed by atoms with Crippen LogP contribution in [0.1, 0.15) is 36.4 Å². The van der Waals surface area contributed by atoms with Gasteiger partial charge in [-0.05, 0) is 43.5 Å². The van der Waals surface area contributed by atoms with Crippen molar-refractivity contribution < 1.29 is 14.0 Å². The van der Waals surface area contributed by atoms with Crippen LogP contribution in [0.25, 0.3) is 11.0 Å². The van der Waals surface area contributed by atoms with E-state index < -0.39 is 0 Å². The number of hydrogen-bond donors (Lipinski definition) is 1. The first kappa shape index (κ1) is 17.3. The minimum Gasteiger partial charge on any atom is -0.451 e. The van der Waals surface area contributed by atoms with E-state index in [0.717, 1.165) is 30.5 Å². The molecule has 1 unspecified atom stereocenters. The Balaban J connectivity index is 1.65. The van der Waals surface area contributed by atoms with E-state index in [4.69, 9.17) is 4.42 Å². The quantitative estimate of drug-likeness (QED) is 0.698. The maximum absolute atomic E-state index is 13.0. The number of Topliss-reactive ketones (excluding diaryl/α,β-unsaturated/α-hetero) is 1. The number of benzene rings is 2. The van der Waals surface area contributed by atoms with Crippen LogP contribution in [-0.4, -0.2) is 24.3 Å². The fourth-order valence-corrected chi connectivity index (χ4v) is 3.75. The van der Waals surface area contributed by atoms with Crippen LogP contribution in [0.3, 0.4) is 0 Å². The number of carbonyl (C=O) groups is 2. The zero-order valence-electron chi connectivity index (χ0n) is 15.5. The van der Waals surface area contributed by atoms with Crippen molar-refractivity contribution >= 4 is 34.0 Å². The van der Waals surface area contributed by atoms with E-state index >= 15 is 0 Å². The van der Waals surface area contributed by atoms with Gasteiger partial charge >= 0.3 is 0 Å². The average Bonchev–Trinajstić information content (AvgIpc) is 3.06. The highest BCUT2D eigenvalue weighted by Crippen LogP contribution is 2.32. The van der Waals surface area contributed by atoms with Gasteiger partial charge in [0.05, 0.1) is 5.69 Å². The van der Waals surface area contributed by atoms with Crippen molar-refractivity contribution in [1.29, 1.82) is 0 Å². The maximum atomic E-state index is 13.0. The second-order valence-electron chi connectivity index (χ2n) is 6.95. The lowest BCUT2D eigenvalue weighted by Crippen LogP contribution is -2.44. The van der Waals surface area contributed by atoms with Gasteiger partial charge < -0.3 is 14.6 Å². The van der Waals surface area contributed by atoms with Crippen molar-refractivity contribution in [3.05, 3.63) is 59.9 Å². The molecule has 0 saturated carbocycles. The van der Waals surface area contributed by atoms with E-state index in [1.807, 2.05) is 37.3 Å². The molecule has 1 aliphatic heterocycles. The van der Waals surface area contributed by atoms with Crippen molar-refractivity contribution in [2.45, 2.75) is 32.7 Å². The van der Waals surface area contributed by atoms with Crippen molar-refractivity contribution in [2.75, 3.05) is 16.8 Å². The number of furan rings is 1. The van der Waals surface area contributed by atoms with Crippen molar-refractivity contribution in [2.24, 2.45) is 0 Å². The van der Waals surface area contributed by atoms with Crippen LogP contribution in [-0.2, 0) is 11.2 Å². The number of ketones is 1. The molecule has 1 aromatic heterocycles. The lowest BCUT2D eigenvalue weighted by molar-refractivity contribution is -0.117. The Bertz CT molecular complexity index is 1020. The fourth-order valence-electron chi connectivity index (χ4n) is 3.75. The summed E-state index contributed by atoms with van der Waals surface area (Å²) in [5.41, 5.74) is 3.42. The van der Waals surface area contributed by atoms with Gasteiger partial charge in [-0.15, -0.1) is 0 Å². The highest BCUT2D eigenvalue weighted by molar-refractivity contribution is 6.12. The monoisotopic (exact) mass is 362 g/mol. The summed E-state index contributed by atoms with van der Waals surface area (Å²) < 4.78 is 5.67. The van der Waals surface area contributed by atoms with Crippen molar-refractivity contribution in [3.63, 3.8) is 0 Å². The summed E-state index contributed by atoms with van der Waals surface area (Å²) in [6.07, 6.45) is 2.05. The first-order valence-electron chi connectivity index (χ1n) is 9.24.